The third kappa shape index (κ3) is 11.9. The number of alkyl halides is 3. The number of halogens is 3. The van der Waals surface area contributed by atoms with E-state index in [1.165, 1.54) is 24.3 Å². The number of carbonyl (C=O) groups excluding carboxylic acids is 2. The molecule has 1 amide bonds. The molecule has 49 heavy (non-hydrogen) atoms. The molecule has 0 saturated carbocycles. The first-order chi connectivity index (χ1) is 23.7. The number of aromatic nitrogens is 1. The second kappa shape index (κ2) is 19.4. The second-order valence-corrected chi connectivity index (χ2v) is 11.1. The van der Waals surface area contributed by atoms with Crippen molar-refractivity contribution in [2.75, 3.05) is 86.4 Å². The maximum absolute atomic E-state index is 13.5. The van der Waals surface area contributed by atoms with E-state index < -0.39 is 35.2 Å². The number of esters is 1. The molecule has 2 atom stereocenters. The standard InChI is InChI=1S/C34H41F3N2O10/c1-43-8-9-44-10-11-45-12-13-46-14-15-47-16-17-48-22-31(40)49-21-25-20-28(32(41)38-25)23-6-7-24-19-30(39-33(42)27(24)18-23)26-4-2-3-5-29(26)34(35,36)37/h2-7,18-19,25,28H,8-17,20-22H2,1H3,(H,38,41)(H,39,42)/t25?,28-/m0/s1. The molecule has 1 fully saturated rings. The minimum Gasteiger partial charge on any atom is -0.462 e. The Morgan fingerprint density at radius 3 is 2.06 bits per heavy atom. The summed E-state index contributed by atoms with van der Waals surface area (Å²) in [6.07, 6.45) is -4.28. The molecular weight excluding hydrogens is 653 g/mol. The molecule has 268 valence electrons. The minimum absolute atomic E-state index is 0.0366. The highest BCUT2D eigenvalue weighted by Crippen LogP contribution is 2.37. The number of carbonyl (C=O) groups is 2. The molecule has 2 aromatic carbocycles. The number of methoxy groups -OCH3 is 1. The number of H-pyrrole nitrogens is 1. The van der Waals surface area contributed by atoms with Crippen LogP contribution in [0.5, 0.6) is 0 Å². The Morgan fingerprint density at radius 1 is 0.816 bits per heavy atom. The molecule has 15 heteroatoms. The van der Waals surface area contributed by atoms with Gasteiger partial charge >= 0.3 is 12.1 Å². The second-order valence-electron chi connectivity index (χ2n) is 11.1. The summed E-state index contributed by atoms with van der Waals surface area (Å²) in [5, 5.41) is 3.47. The van der Waals surface area contributed by atoms with Gasteiger partial charge in [0, 0.05) is 23.8 Å². The highest BCUT2D eigenvalue weighted by Gasteiger charge is 2.35. The molecular formula is C34H41F3N2O10. The van der Waals surface area contributed by atoms with Gasteiger partial charge in [-0.15, -0.1) is 0 Å². The van der Waals surface area contributed by atoms with Gasteiger partial charge in [-0.2, -0.15) is 13.2 Å². The van der Waals surface area contributed by atoms with Gasteiger partial charge in [0.1, 0.15) is 13.2 Å². The van der Waals surface area contributed by atoms with Gasteiger partial charge < -0.3 is 43.5 Å². The number of nitrogens with one attached hydrogen (secondary N) is 2. The normalized spacial score (nSPS) is 16.3. The molecule has 0 aliphatic carbocycles. The number of rotatable bonds is 21. The van der Waals surface area contributed by atoms with Crippen LogP contribution in [0.2, 0.25) is 0 Å². The average Bonchev–Trinajstić information content (AvgIpc) is 3.46. The Bertz CT molecular complexity index is 1570. The summed E-state index contributed by atoms with van der Waals surface area (Å²) in [5.74, 6) is -1.49. The highest BCUT2D eigenvalue weighted by molar-refractivity contribution is 5.90. The summed E-state index contributed by atoms with van der Waals surface area (Å²) >= 11 is 0. The lowest BCUT2D eigenvalue weighted by atomic mass is 9.93. The lowest BCUT2D eigenvalue weighted by molar-refractivity contribution is -0.150. The van der Waals surface area contributed by atoms with Crippen LogP contribution in [0.4, 0.5) is 13.2 Å². The molecule has 1 unspecified atom stereocenters. The molecule has 1 aromatic heterocycles. The van der Waals surface area contributed by atoms with E-state index in [4.69, 9.17) is 33.2 Å². The monoisotopic (exact) mass is 694 g/mol. The molecule has 2 N–H and O–H groups in total. The van der Waals surface area contributed by atoms with Crippen LogP contribution >= 0.6 is 0 Å². The number of hydrogen-bond acceptors (Lipinski definition) is 10. The van der Waals surface area contributed by atoms with E-state index in [0.29, 0.717) is 70.2 Å². The van der Waals surface area contributed by atoms with Crippen LogP contribution in [0.3, 0.4) is 0 Å². The lowest BCUT2D eigenvalue weighted by Crippen LogP contribution is -2.31. The van der Waals surface area contributed by atoms with Crippen LogP contribution in [-0.2, 0) is 48.9 Å². The fourth-order valence-electron chi connectivity index (χ4n) is 5.17. The van der Waals surface area contributed by atoms with Gasteiger partial charge in [-0.3, -0.25) is 9.59 Å². The molecule has 12 nitrogen and oxygen atoms in total. The van der Waals surface area contributed by atoms with Crippen molar-refractivity contribution in [3.63, 3.8) is 0 Å². The molecule has 0 spiro atoms. The van der Waals surface area contributed by atoms with Crippen LogP contribution in [0, 0.1) is 0 Å². The van der Waals surface area contributed by atoms with Crippen molar-refractivity contribution in [3.8, 4) is 11.3 Å². The maximum Gasteiger partial charge on any atom is 0.417 e. The van der Waals surface area contributed by atoms with Crippen molar-refractivity contribution >= 4 is 22.6 Å². The summed E-state index contributed by atoms with van der Waals surface area (Å²) < 4.78 is 77.5. The first-order valence-electron chi connectivity index (χ1n) is 15.8. The average molecular weight is 695 g/mol. The number of amides is 1. The Morgan fingerprint density at radius 2 is 1.43 bits per heavy atom. The van der Waals surface area contributed by atoms with E-state index >= 15 is 0 Å². The molecule has 1 aliphatic heterocycles. The van der Waals surface area contributed by atoms with Crippen molar-refractivity contribution in [3.05, 3.63) is 70.0 Å². The van der Waals surface area contributed by atoms with E-state index in [-0.39, 0.29) is 49.0 Å². The topological polar surface area (TPSA) is 144 Å². The van der Waals surface area contributed by atoms with Crippen molar-refractivity contribution in [1.29, 1.82) is 0 Å². The number of aromatic amines is 1. The molecule has 1 saturated heterocycles. The Kier molecular flexibility index (Phi) is 15.0. The molecule has 1 aliphatic rings. The van der Waals surface area contributed by atoms with Crippen LogP contribution < -0.4 is 10.9 Å². The summed E-state index contributed by atoms with van der Waals surface area (Å²) in [5.41, 5.74) is -0.973. The van der Waals surface area contributed by atoms with Crippen molar-refractivity contribution < 1.29 is 55.9 Å². The van der Waals surface area contributed by atoms with Crippen molar-refractivity contribution in [2.24, 2.45) is 0 Å². The molecule has 0 radical (unpaired) electrons. The first kappa shape index (κ1) is 38.0. The number of hydrogen-bond donors (Lipinski definition) is 2. The zero-order chi connectivity index (χ0) is 35.1. The van der Waals surface area contributed by atoms with Crippen LogP contribution in [-0.4, -0.2) is 109 Å². The van der Waals surface area contributed by atoms with Crippen LogP contribution in [0.15, 0.2) is 53.3 Å². The smallest absolute Gasteiger partial charge is 0.417 e. The molecule has 2 heterocycles. The summed E-state index contributed by atoms with van der Waals surface area (Å²) in [4.78, 5) is 40.4. The summed E-state index contributed by atoms with van der Waals surface area (Å²) in [7, 11) is 1.61. The van der Waals surface area contributed by atoms with Gasteiger partial charge in [-0.25, -0.2) is 4.79 Å². The van der Waals surface area contributed by atoms with E-state index in [2.05, 4.69) is 10.3 Å². The van der Waals surface area contributed by atoms with E-state index in [9.17, 15) is 27.6 Å². The summed E-state index contributed by atoms with van der Waals surface area (Å²) in [6, 6.07) is 10.9. The predicted octanol–water partition coefficient (Wildman–Crippen LogP) is 3.46. The largest absolute Gasteiger partial charge is 0.462 e. The van der Waals surface area contributed by atoms with Crippen LogP contribution in [0.1, 0.15) is 23.5 Å². The fraction of sp³-hybridized carbons (Fsp3) is 0.500. The van der Waals surface area contributed by atoms with Crippen LogP contribution in [0.25, 0.3) is 22.0 Å². The van der Waals surface area contributed by atoms with Gasteiger partial charge in [0.15, 0.2) is 0 Å². The SMILES string of the molecule is COCCOCCOCCOCCOCCOCC(=O)OCC1C[C@@H](c2ccc3cc(-c4ccccc4C(F)(F)F)[nH]c(=O)c3c2)C(=O)N1. The highest BCUT2D eigenvalue weighted by atomic mass is 19.4. The number of benzene rings is 2. The predicted molar refractivity (Wildman–Crippen MR) is 171 cm³/mol. The fourth-order valence-corrected chi connectivity index (χ4v) is 5.17. The molecule has 4 rings (SSSR count). The van der Waals surface area contributed by atoms with Gasteiger partial charge in [-0.1, -0.05) is 30.3 Å². The minimum atomic E-state index is -4.59. The number of fused-ring (bicyclic) bond motifs is 1. The third-order valence-corrected chi connectivity index (χ3v) is 7.56. The Hall–Kier alpha value is -3.86. The van der Waals surface area contributed by atoms with Gasteiger partial charge in [0.25, 0.3) is 5.56 Å². The molecule has 3 aromatic rings. The quantitative estimate of drug-likeness (QED) is 0.126. The van der Waals surface area contributed by atoms with Gasteiger partial charge in [-0.05, 0) is 35.6 Å². The lowest BCUT2D eigenvalue weighted by Gasteiger charge is -2.14. The first-order valence-corrected chi connectivity index (χ1v) is 15.8. The Balaban J connectivity index is 1.12. The Labute approximate surface area is 281 Å². The zero-order valence-electron chi connectivity index (χ0n) is 27.2. The zero-order valence-corrected chi connectivity index (χ0v) is 27.2. The summed E-state index contributed by atoms with van der Waals surface area (Å²) in [6.45, 7) is 3.80. The van der Waals surface area contributed by atoms with E-state index in [0.717, 1.165) is 6.07 Å². The third-order valence-electron chi connectivity index (χ3n) is 7.56. The number of ether oxygens (including phenoxy) is 7. The van der Waals surface area contributed by atoms with Gasteiger partial charge in [0.05, 0.1) is 83.6 Å². The number of pyridine rings is 1. The van der Waals surface area contributed by atoms with Crippen molar-refractivity contribution in [1.82, 2.24) is 10.3 Å². The van der Waals surface area contributed by atoms with E-state index in [1.54, 1.807) is 25.3 Å². The van der Waals surface area contributed by atoms with E-state index in [1.807, 2.05) is 0 Å². The van der Waals surface area contributed by atoms with Gasteiger partial charge in [0.2, 0.25) is 5.91 Å². The molecule has 0 bridgehead atoms. The maximum atomic E-state index is 13.5. The van der Waals surface area contributed by atoms with Crippen molar-refractivity contribution in [2.45, 2.75) is 24.6 Å².